The highest BCUT2D eigenvalue weighted by molar-refractivity contribution is 7.88. The Morgan fingerprint density at radius 1 is 1.14 bits per heavy atom. The Morgan fingerprint density at radius 2 is 1.72 bits per heavy atom. The molecule has 1 saturated carbocycles. The maximum atomic E-state index is 12.3. The zero-order valence-corrected chi connectivity index (χ0v) is 18.1. The van der Waals surface area contributed by atoms with E-state index >= 15 is 0 Å². The quantitative estimate of drug-likeness (QED) is 0.475. The molecule has 0 spiro atoms. The van der Waals surface area contributed by atoms with Gasteiger partial charge in [-0.3, -0.25) is 4.79 Å². The molecule has 1 aliphatic carbocycles. The maximum Gasteiger partial charge on any atom is 0.255 e. The van der Waals surface area contributed by atoms with Crippen LogP contribution in [0.2, 0.25) is 0 Å². The molecule has 0 aromatic heterocycles. The van der Waals surface area contributed by atoms with Gasteiger partial charge < -0.3 is 14.2 Å². The molecule has 0 radical (unpaired) electrons. The number of amides is 1. The summed E-state index contributed by atoms with van der Waals surface area (Å²) >= 11 is 0. The Balaban J connectivity index is 2.06. The van der Waals surface area contributed by atoms with Gasteiger partial charge in [0.25, 0.3) is 5.91 Å². The second-order valence-electron chi connectivity index (χ2n) is 6.85. The lowest BCUT2D eigenvalue weighted by Gasteiger charge is -2.31. The molecule has 29 heavy (non-hydrogen) atoms. The molecule has 0 heterocycles. The van der Waals surface area contributed by atoms with Crippen LogP contribution < -0.4 is 19.6 Å². The number of hydrazone groups is 1. The van der Waals surface area contributed by atoms with Crippen molar-refractivity contribution in [3.8, 4) is 17.2 Å². The predicted molar refractivity (Wildman–Crippen MR) is 110 cm³/mol. The molecule has 162 valence electrons. The van der Waals surface area contributed by atoms with E-state index in [4.69, 9.17) is 14.2 Å². The Labute approximate surface area is 172 Å². The molecule has 10 heteroatoms. The van der Waals surface area contributed by atoms with Gasteiger partial charge in [-0.25, -0.2) is 13.8 Å². The molecular weight excluding hydrogens is 398 g/mol. The summed E-state index contributed by atoms with van der Waals surface area (Å²) in [7, 11) is 1.03. The highest BCUT2D eigenvalue weighted by Gasteiger charge is 2.29. The molecule has 1 fully saturated rings. The van der Waals surface area contributed by atoms with Gasteiger partial charge in [0.1, 0.15) is 0 Å². The normalized spacial score (nSPS) is 15.5. The monoisotopic (exact) mass is 427 g/mol. The van der Waals surface area contributed by atoms with Crippen molar-refractivity contribution in [2.24, 2.45) is 5.10 Å². The van der Waals surface area contributed by atoms with Crippen LogP contribution in [0.5, 0.6) is 17.2 Å². The summed E-state index contributed by atoms with van der Waals surface area (Å²) in [6.07, 6.45) is 7.14. The van der Waals surface area contributed by atoms with Gasteiger partial charge in [-0.2, -0.15) is 9.41 Å². The SMILES string of the molecule is COc1cc(/C=N/NC(=O)CN(C2CCCCC2)S(C)(=O)=O)cc(OC)c1OC. The van der Waals surface area contributed by atoms with Crippen LogP contribution in [0.3, 0.4) is 0 Å². The molecule has 1 aromatic carbocycles. The molecule has 9 nitrogen and oxygen atoms in total. The summed E-state index contributed by atoms with van der Waals surface area (Å²) < 4.78 is 41.4. The number of hydrogen-bond donors (Lipinski definition) is 1. The van der Waals surface area contributed by atoms with E-state index in [1.165, 1.54) is 31.8 Å². The molecule has 0 unspecified atom stereocenters. The van der Waals surface area contributed by atoms with Crippen molar-refractivity contribution >= 4 is 22.1 Å². The van der Waals surface area contributed by atoms with E-state index in [1.807, 2.05) is 0 Å². The van der Waals surface area contributed by atoms with Crippen LogP contribution in [0.1, 0.15) is 37.7 Å². The summed E-state index contributed by atoms with van der Waals surface area (Å²) in [6.45, 7) is -0.254. The third kappa shape index (κ3) is 6.33. The van der Waals surface area contributed by atoms with Crippen LogP contribution in [0.4, 0.5) is 0 Å². The van der Waals surface area contributed by atoms with Gasteiger partial charge in [0.05, 0.1) is 40.3 Å². The van der Waals surface area contributed by atoms with E-state index in [1.54, 1.807) is 12.1 Å². The van der Waals surface area contributed by atoms with Crippen molar-refractivity contribution in [2.75, 3.05) is 34.1 Å². The number of hydrogen-bond acceptors (Lipinski definition) is 7. The van der Waals surface area contributed by atoms with Gasteiger partial charge in [0.2, 0.25) is 15.8 Å². The van der Waals surface area contributed by atoms with E-state index in [0.29, 0.717) is 22.8 Å². The first kappa shape index (κ1) is 23.0. The van der Waals surface area contributed by atoms with Crippen LogP contribution in [0, 0.1) is 0 Å². The number of nitrogens with one attached hydrogen (secondary N) is 1. The Kier molecular flexibility index (Phi) is 8.27. The third-order valence-corrected chi connectivity index (χ3v) is 6.08. The van der Waals surface area contributed by atoms with E-state index < -0.39 is 15.9 Å². The van der Waals surface area contributed by atoms with Crippen molar-refractivity contribution in [1.82, 2.24) is 9.73 Å². The fourth-order valence-electron chi connectivity index (χ4n) is 3.42. The topological polar surface area (TPSA) is 107 Å². The summed E-state index contributed by atoms with van der Waals surface area (Å²) in [5, 5.41) is 3.93. The number of carbonyl (C=O) groups excluding carboxylic acids is 1. The first-order chi connectivity index (χ1) is 13.8. The molecule has 1 aliphatic rings. The van der Waals surface area contributed by atoms with E-state index in [2.05, 4.69) is 10.5 Å². The Morgan fingerprint density at radius 3 is 2.21 bits per heavy atom. The summed E-state index contributed by atoms with van der Waals surface area (Å²) in [5.41, 5.74) is 3.01. The summed E-state index contributed by atoms with van der Waals surface area (Å²) in [6, 6.07) is 3.23. The number of methoxy groups -OCH3 is 3. The number of benzene rings is 1. The molecule has 2 rings (SSSR count). The Bertz CT molecular complexity index is 809. The molecule has 0 saturated heterocycles. The highest BCUT2D eigenvalue weighted by Crippen LogP contribution is 2.37. The van der Waals surface area contributed by atoms with Crippen LogP contribution in [0.25, 0.3) is 0 Å². The van der Waals surface area contributed by atoms with E-state index in [9.17, 15) is 13.2 Å². The minimum absolute atomic E-state index is 0.136. The number of sulfonamides is 1. The van der Waals surface area contributed by atoms with Gasteiger partial charge in [-0.05, 0) is 25.0 Å². The lowest BCUT2D eigenvalue weighted by molar-refractivity contribution is -0.121. The van der Waals surface area contributed by atoms with Gasteiger partial charge in [-0.15, -0.1) is 0 Å². The zero-order valence-electron chi connectivity index (χ0n) is 17.3. The first-order valence-corrected chi connectivity index (χ1v) is 11.2. The predicted octanol–water partition coefficient (Wildman–Crippen LogP) is 1.76. The maximum absolute atomic E-state index is 12.3. The standard InChI is InChI=1S/C19H29N3O6S/c1-26-16-10-14(11-17(27-2)19(16)28-3)12-20-21-18(23)13-22(29(4,24)25)15-8-6-5-7-9-15/h10-12,15H,5-9,13H2,1-4H3,(H,21,23)/b20-12+. The lowest BCUT2D eigenvalue weighted by Crippen LogP contribution is -2.45. The van der Waals surface area contributed by atoms with E-state index in [-0.39, 0.29) is 12.6 Å². The molecule has 1 amide bonds. The van der Waals surface area contributed by atoms with Crippen molar-refractivity contribution in [1.29, 1.82) is 0 Å². The second kappa shape index (κ2) is 10.4. The van der Waals surface area contributed by atoms with Gasteiger partial charge in [-0.1, -0.05) is 19.3 Å². The minimum atomic E-state index is -3.49. The number of nitrogens with zero attached hydrogens (tertiary/aromatic N) is 2. The average molecular weight is 428 g/mol. The average Bonchev–Trinajstić information content (AvgIpc) is 2.71. The van der Waals surface area contributed by atoms with Crippen molar-refractivity contribution in [3.63, 3.8) is 0 Å². The smallest absolute Gasteiger partial charge is 0.255 e. The highest BCUT2D eigenvalue weighted by atomic mass is 32.2. The van der Waals surface area contributed by atoms with Crippen molar-refractivity contribution in [3.05, 3.63) is 17.7 Å². The summed E-state index contributed by atoms with van der Waals surface area (Å²) in [4.78, 5) is 12.3. The fraction of sp³-hybridized carbons (Fsp3) is 0.579. The van der Waals surface area contributed by atoms with E-state index in [0.717, 1.165) is 38.4 Å². The largest absolute Gasteiger partial charge is 0.493 e. The number of carbonyl (C=O) groups is 1. The molecule has 1 aromatic rings. The zero-order chi connectivity index (χ0) is 21.4. The van der Waals surface area contributed by atoms with Crippen LogP contribution in [-0.4, -0.2) is 65.0 Å². The van der Waals surface area contributed by atoms with Crippen molar-refractivity contribution in [2.45, 2.75) is 38.1 Å². The number of rotatable bonds is 9. The molecular formula is C19H29N3O6S. The van der Waals surface area contributed by atoms with Gasteiger partial charge in [0.15, 0.2) is 11.5 Å². The third-order valence-electron chi connectivity index (χ3n) is 4.80. The summed E-state index contributed by atoms with van der Waals surface area (Å²) in [5.74, 6) is 0.873. The lowest BCUT2D eigenvalue weighted by atomic mass is 9.95. The molecule has 0 bridgehead atoms. The van der Waals surface area contributed by atoms with Crippen molar-refractivity contribution < 1.29 is 27.4 Å². The molecule has 0 aliphatic heterocycles. The van der Waals surface area contributed by atoms with Crippen LogP contribution in [-0.2, 0) is 14.8 Å². The minimum Gasteiger partial charge on any atom is -0.493 e. The van der Waals surface area contributed by atoms with Crippen LogP contribution in [0.15, 0.2) is 17.2 Å². The second-order valence-corrected chi connectivity index (χ2v) is 8.79. The first-order valence-electron chi connectivity index (χ1n) is 9.39. The van der Waals surface area contributed by atoms with Gasteiger partial charge >= 0.3 is 0 Å². The fourth-order valence-corrected chi connectivity index (χ4v) is 4.52. The van der Waals surface area contributed by atoms with Gasteiger partial charge in [0, 0.05) is 11.6 Å². The molecule has 0 atom stereocenters. The van der Waals surface area contributed by atoms with Crippen LogP contribution >= 0.6 is 0 Å². The molecule has 1 N–H and O–H groups in total. The Hall–Kier alpha value is -2.33. The number of ether oxygens (including phenoxy) is 3.